The van der Waals surface area contributed by atoms with Gasteiger partial charge in [0.1, 0.15) is 0 Å². The van der Waals surface area contributed by atoms with Crippen LogP contribution in [0.5, 0.6) is 0 Å². The second-order valence-electron chi connectivity index (χ2n) is 4.68. The summed E-state index contributed by atoms with van der Waals surface area (Å²) in [4.78, 5) is 7.46. The molecular weight excluding hydrogens is 236 g/mol. The molecule has 0 amide bonds. The molecule has 98 valence electrons. The average Bonchev–Trinajstić information content (AvgIpc) is 3.08. The van der Waals surface area contributed by atoms with Gasteiger partial charge in [0.05, 0.1) is 17.4 Å². The zero-order chi connectivity index (χ0) is 12.9. The molecule has 2 heterocycles. The summed E-state index contributed by atoms with van der Waals surface area (Å²) in [5, 5.41) is 3.44. The highest BCUT2D eigenvalue weighted by molar-refractivity contribution is 5.74. The number of aromatic amines is 1. The van der Waals surface area contributed by atoms with Crippen molar-refractivity contribution < 1.29 is 0 Å². The number of nitrogens with zero attached hydrogens (tertiary/aromatic N) is 2. The first-order valence-electron chi connectivity index (χ1n) is 6.66. The van der Waals surface area contributed by atoms with Crippen LogP contribution in [-0.4, -0.2) is 21.1 Å². The minimum atomic E-state index is 0.925. The Kier molecular flexibility index (Phi) is 3.61. The van der Waals surface area contributed by atoms with Crippen LogP contribution in [0.1, 0.15) is 12.0 Å². The molecule has 0 aliphatic carbocycles. The van der Waals surface area contributed by atoms with Crippen molar-refractivity contribution in [3.63, 3.8) is 0 Å². The number of nitrogens with one attached hydrogen (secondary N) is 2. The third-order valence-electron chi connectivity index (χ3n) is 3.27. The predicted molar refractivity (Wildman–Crippen MR) is 76.8 cm³/mol. The first kappa shape index (κ1) is 12.0. The Balaban J connectivity index is 1.47. The molecule has 4 heteroatoms. The minimum Gasteiger partial charge on any atom is -0.367 e. The quantitative estimate of drug-likeness (QED) is 0.664. The summed E-state index contributed by atoms with van der Waals surface area (Å²) in [6.45, 7) is 2.94. The SMILES string of the molecule is c1ccc2c(c1)ncn2CCCNCc1cc[nH]c1. The lowest BCUT2D eigenvalue weighted by Crippen LogP contribution is -2.16. The number of imidazole rings is 1. The van der Waals surface area contributed by atoms with Crippen molar-refractivity contribution in [2.24, 2.45) is 0 Å². The largest absolute Gasteiger partial charge is 0.367 e. The summed E-state index contributed by atoms with van der Waals surface area (Å²) in [7, 11) is 0. The molecule has 0 unspecified atom stereocenters. The molecule has 0 bridgehead atoms. The molecule has 0 fully saturated rings. The van der Waals surface area contributed by atoms with Crippen molar-refractivity contribution in [1.82, 2.24) is 19.9 Å². The molecule has 1 aromatic carbocycles. The van der Waals surface area contributed by atoms with Crippen LogP contribution in [0.25, 0.3) is 11.0 Å². The van der Waals surface area contributed by atoms with Gasteiger partial charge in [-0.05, 0) is 36.7 Å². The molecule has 4 nitrogen and oxygen atoms in total. The maximum Gasteiger partial charge on any atom is 0.0958 e. The number of benzene rings is 1. The highest BCUT2D eigenvalue weighted by atomic mass is 15.0. The van der Waals surface area contributed by atoms with Gasteiger partial charge in [-0.3, -0.25) is 0 Å². The van der Waals surface area contributed by atoms with E-state index in [0.717, 1.165) is 31.6 Å². The third kappa shape index (κ3) is 2.85. The van der Waals surface area contributed by atoms with Crippen molar-refractivity contribution in [2.75, 3.05) is 6.54 Å². The molecular formula is C15H18N4. The van der Waals surface area contributed by atoms with Crippen LogP contribution < -0.4 is 5.32 Å². The van der Waals surface area contributed by atoms with E-state index >= 15 is 0 Å². The minimum absolute atomic E-state index is 0.925. The molecule has 0 aliphatic heterocycles. The molecule has 0 aliphatic rings. The van der Waals surface area contributed by atoms with Gasteiger partial charge in [0.2, 0.25) is 0 Å². The number of hydrogen-bond donors (Lipinski definition) is 2. The summed E-state index contributed by atoms with van der Waals surface area (Å²) >= 11 is 0. The maximum absolute atomic E-state index is 4.40. The normalized spacial score (nSPS) is 11.2. The Morgan fingerprint density at radius 2 is 2.16 bits per heavy atom. The van der Waals surface area contributed by atoms with Gasteiger partial charge in [-0.15, -0.1) is 0 Å². The zero-order valence-corrected chi connectivity index (χ0v) is 10.8. The van der Waals surface area contributed by atoms with E-state index in [1.807, 2.05) is 24.8 Å². The van der Waals surface area contributed by atoms with Crippen LogP contribution in [0.15, 0.2) is 49.1 Å². The van der Waals surface area contributed by atoms with Crippen LogP contribution in [0.4, 0.5) is 0 Å². The number of para-hydroxylation sites is 2. The lowest BCUT2D eigenvalue weighted by atomic mass is 10.3. The molecule has 2 aromatic heterocycles. The number of rotatable bonds is 6. The molecule has 0 spiro atoms. The summed E-state index contributed by atoms with van der Waals surface area (Å²) in [5.74, 6) is 0. The smallest absolute Gasteiger partial charge is 0.0958 e. The Labute approximate surface area is 112 Å². The molecule has 2 N–H and O–H groups in total. The predicted octanol–water partition coefficient (Wildman–Crippen LogP) is 2.54. The number of hydrogen-bond acceptors (Lipinski definition) is 2. The summed E-state index contributed by atoms with van der Waals surface area (Å²) in [6.07, 6.45) is 7.01. The first-order valence-corrected chi connectivity index (χ1v) is 6.66. The second kappa shape index (κ2) is 5.71. The Morgan fingerprint density at radius 1 is 1.21 bits per heavy atom. The molecule has 3 aromatic rings. The fourth-order valence-corrected chi connectivity index (χ4v) is 2.26. The number of H-pyrrole nitrogens is 1. The van der Waals surface area contributed by atoms with Gasteiger partial charge < -0.3 is 14.9 Å². The summed E-state index contributed by atoms with van der Waals surface area (Å²) in [6, 6.07) is 10.4. The van der Waals surface area contributed by atoms with E-state index in [9.17, 15) is 0 Å². The fraction of sp³-hybridized carbons (Fsp3) is 0.267. The lowest BCUT2D eigenvalue weighted by molar-refractivity contribution is 0.589. The topological polar surface area (TPSA) is 45.6 Å². The first-order chi connectivity index (χ1) is 9.43. The number of fused-ring (bicyclic) bond motifs is 1. The van der Waals surface area contributed by atoms with Crippen LogP contribution in [0.2, 0.25) is 0 Å². The molecule has 3 rings (SSSR count). The summed E-state index contributed by atoms with van der Waals surface area (Å²) < 4.78 is 2.22. The number of aryl methyl sites for hydroxylation is 1. The van der Waals surface area contributed by atoms with E-state index in [1.54, 1.807) is 0 Å². The van der Waals surface area contributed by atoms with E-state index in [4.69, 9.17) is 0 Å². The maximum atomic E-state index is 4.40. The molecule has 0 radical (unpaired) electrons. The van der Waals surface area contributed by atoms with Crippen molar-refractivity contribution in [2.45, 2.75) is 19.5 Å². The molecule has 0 saturated heterocycles. The molecule has 0 atom stereocenters. The Bertz CT molecular complexity index is 624. The monoisotopic (exact) mass is 254 g/mol. The zero-order valence-electron chi connectivity index (χ0n) is 10.8. The van der Waals surface area contributed by atoms with Crippen molar-refractivity contribution in [3.05, 3.63) is 54.6 Å². The van der Waals surface area contributed by atoms with Crippen molar-refractivity contribution in [1.29, 1.82) is 0 Å². The highest BCUT2D eigenvalue weighted by Gasteiger charge is 2.00. The van der Waals surface area contributed by atoms with Gasteiger partial charge in [-0.25, -0.2) is 4.98 Å². The van der Waals surface area contributed by atoms with Gasteiger partial charge in [0, 0.05) is 25.5 Å². The van der Waals surface area contributed by atoms with Gasteiger partial charge in [-0.2, -0.15) is 0 Å². The van der Waals surface area contributed by atoms with Crippen LogP contribution in [0, 0.1) is 0 Å². The van der Waals surface area contributed by atoms with E-state index in [2.05, 4.69) is 44.1 Å². The van der Waals surface area contributed by atoms with Crippen molar-refractivity contribution >= 4 is 11.0 Å². The Hall–Kier alpha value is -2.07. The standard InChI is InChI=1S/C15H18N4/c1-2-5-15-14(4-1)18-12-19(15)9-3-7-16-10-13-6-8-17-11-13/h1-2,4-6,8,11-12,16-17H,3,7,9-10H2. The van der Waals surface area contributed by atoms with Crippen molar-refractivity contribution in [3.8, 4) is 0 Å². The molecule has 19 heavy (non-hydrogen) atoms. The van der Waals surface area contributed by atoms with E-state index in [1.165, 1.54) is 11.1 Å². The van der Waals surface area contributed by atoms with Gasteiger partial charge in [-0.1, -0.05) is 12.1 Å². The van der Waals surface area contributed by atoms with E-state index in [-0.39, 0.29) is 0 Å². The lowest BCUT2D eigenvalue weighted by Gasteiger charge is -2.05. The fourth-order valence-electron chi connectivity index (χ4n) is 2.26. The Morgan fingerprint density at radius 3 is 3.05 bits per heavy atom. The van der Waals surface area contributed by atoms with Gasteiger partial charge in [0.25, 0.3) is 0 Å². The second-order valence-corrected chi connectivity index (χ2v) is 4.68. The van der Waals surface area contributed by atoms with E-state index in [0.29, 0.717) is 0 Å². The number of aromatic nitrogens is 3. The summed E-state index contributed by atoms with van der Waals surface area (Å²) in [5.41, 5.74) is 3.59. The third-order valence-corrected chi connectivity index (χ3v) is 3.27. The van der Waals surface area contributed by atoms with E-state index < -0.39 is 0 Å². The van der Waals surface area contributed by atoms with Gasteiger partial charge in [0.15, 0.2) is 0 Å². The average molecular weight is 254 g/mol. The van der Waals surface area contributed by atoms with Crippen LogP contribution in [-0.2, 0) is 13.1 Å². The highest BCUT2D eigenvalue weighted by Crippen LogP contribution is 2.11. The van der Waals surface area contributed by atoms with Crippen LogP contribution >= 0.6 is 0 Å². The van der Waals surface area contributed by atoms with Gasteiger partial charge >= 0.3 is 0 Å². The molecule has 0 saturated carbocycles. The van der Waals surface area contributed by atoms with Crippen LogP contribution in [0.3, 0.4) is 0 Å².